The molecule has 1 aliphatic heterocycles. The van der Waals surface area contributed by atoms with Gasteiger partial charge in [0.15, 0.2) is 23.7 Å². The van der Waals surface area contributed by atoms with E-state index in [4.69, 9.17) is 18.6 Å². The minimum absolute atomic E-state index is 0.0384. The summed E-state index contributed by atoms with van der Waals surface area (Å²) in [6.07, 6.45) is -0.844. The van der Waals surface area contributed by atoms with Crippen LogP contribution in [0.1, 0.15) is 31.2 Å². The monoisotopic (exact) mass is 462 g/mol. The van der Waals surface area contributed by atoms with E-state index >= 15 is 0 Å². The highest BCUT2D eigenvalue weighted by atomic mass is 19.2. The van der Waals surface area contributed by atoms with Crippen molar-refractivity contribution >= 4 is 0 Å². The molecule has 0 aliphatic carbocycles. The summed E-state index contributed by atoms with van der Waals surface area (Å²) in [6.45, 7) is 4.70. The fourth-order valence-corrected chi connectivity index (χ4v) is 4.24. The predicted octanol–water partition coefficient (Wildman–Crippen LogP) is 5.10. The van der Waals surface area contributed by atoms with Gasteiger partial charge < -0.3 is 18.6 Å². The predicted molar refractivity (Wildman–Crippen MR) is 112 cm³/mol. The Hall–Kier alpha value is -2.75. The summed E-state index contributed by atoms with van der Waals surface area (Å²) in [5, 5.41) is 8.06. The standard InChI is InChI=1S/C24H25F3N2O4/c1-13-19(12-31-11-15-7-5-4-6-8-15)32-24(30-3)14(2)20(13)23-29-28-22(33-23)16-9-17(25)21(27)18(26)10-16/h4-10,13-14,19-20,24H,11-12H2,1-3H3/t13-,14?,19?,20-,24-/m0/s1. The first kappa shape index (κ1) is 23.4. The number of ether oxygens (including phenoxy) is 3. The SMILES string of the molecule is CO[C@H]1OC(COCc2ccccc2)[C@H](C)[C@H](c2nnc(-c3cc(F)c(F)c(F)c3)o2)C1C. The Morgan fingerprint density at radius 1 is 0.970 bits per heavy atom. The molecule has 3 aromatic rings. The molecule has 0 radical (unpaired) electrons. The van der Waals surface area contributed by atoms with Crippen molar-refractivity contribution in [2.75, 3.05) is 13.7 Å². The molecule has 1 aliphatic rings. The minimum Gasteiger partial charge on any atom is -0.420 e. The van der Waals surface area contributed by atoms with Crippen LogP contribution in [0.2, 0.25) is 0 Å². The number of methoxy groups -OCH3 is 1. The summed E-state index contributed by atoms with van der Waals surface area (Å²) in [5.74, 6) is -4.51. The summed E-state index contributed by atoms with van der Waals surface area (Å²) >= 11 is 0. The molecule has 6 nitrogen and oxygen atoms in total. The maximum absolute atomic E-state index is 13.6. The first-order chi connectivity index (χ1) is 15.9. The Morgan fingerprint density at radius 3 is 2.33 bits per heavy atom. The van der Waals surface area contributed by atoms with Gasteiger partial charge in [-0.1, -0.05) is 44.2 Å². The third-order valence-electron chi connectivity index (χ3n) is 6.04. The molecule has 1 aromatic heterocycles. The highest BCUT2D eigenvalue weighted by molar-refractivity contribution is 5.52. The van der Waals surface area contributed by atoms with Crippen LogP contribution in [0.3, 0.4) is 0 Å². The van der Waals surface area contributed by atoms with Gasteiger partial charge in [-0.3, -0.25) is 0 Å². The van der Waals surface area contributed by atoms with Crippen molar-refractivity contribution in [1.29, 1.82) is 0 Å². The van der Waals surface area contributed by atoms with Crippen LogP contribution in [0.4, 0.5) is 13.2 Å². The van der Waals surface area contributed by atoms with Gasteiger partial charge in [0.25, 0.3) is 0 Å². The van der Waals surface area contributed by atoms with E-state index in [0.717, 1.165) is 17.7 Å². The summed E-state index contributed by atoms with van der Waals surface area (Å²) in [4.78, 5) is 0. The largest absolute Gasteiger partial charge is 0.420 e. The molecule has 9 heteroatoms. The second-order valence-electron chi connectivity index (χ2n) is 8.22. The topological polar surface area (TPSA) is 66.6 Å². The number of halogens is 3. The molecule has 2 heterocycles. The van der Waals surface area contributed by atoms with Crippen molar-refractivity contribution < 1.29 is 31.8 Å². The fraction of sp³-hybridized carbons (Fsp3) is 0.417. The first-order valence-corrected chi connectivity index (χ1v) is 10.7. The number of rotatable bonds is 7. The van der Waals surface area contributed by atoms with Crippen molar-refractivity contribution in [3.8, 4) is 11.5 Å². The van der Waals surface area contributed by atoms with Gasteiger partial charge in [-0.25, -0.2) is 13.2 Å². The normalized spacial score (nSPS) is 25.3. The molecular weight excluding hydrogens is 437 g/mol. The number of hydrogen-bond acceptors (Lipinski definition) is 6. The summed E-state index contributed by atoms with van der Waals surface area (Å²) in [7, 11) is 1.55. The lowest BCUT2D eigenvalue weighted by Gasteiger charge is -2.42. The molecule has 1 fully saturated rings. The van der Waals surface area contributed by atoms with Gasteiger partial charge in [0.05, 0.1) is 19.3 Å². The average Bonchev–Trinajstić information content (AvgIpc) is 3.29. The number of nitrogens with zero attached hydrogens (tertiary/aromatic N) is 2. The lowest BCUT2D eigenvalue weighted by atomic mass is 9.77. The van der Waals surface area contributed by atoms with Gasteiger partial charge in [-0.2, -0.15) is 0 Å². The van der Waals surface area contributed by atoms with Crippen molar-refractivity contribution in [1.82, 2.24) is 10.2 Å². The Balaban J connectivity index is 1.53. The molecule has 4 rings (SSSR count). The van der Waals surface area contributed by atoms with Gasteiger partial charge in [0.2, 0.25) is 11.8 Å². The molecule has 2 aromatic carbocycles. The third kappa shape index (κ3) is 4.95. The highest BCUT2D eigenvalue weighted by Gasteiger charge is 2.45. The summed E-state index contributed by atoms with van der Waals surface area (Å²) < 4.78 is 63.9. The van der Waals surface area contributed by atoms with Crippen LogP contribution in [-0.4, -0.2) is 36.3 Å². The second-order valence-corrected chi connectivity index (χ2v) is 8.22. The Kier molecular flexibility index (Phi) is 7.11. The Morgan fingerprint density at radius 2 is 1.67 bits per heavy atom. The van der Waals surface area contributed by atoms with Crippen LogP contribution < -0.4 is 0 Å². The lowest BCUT2D eigenvalue weighted by Crippen LogP contribution is -2.47. The Bertz CT molecular complexity index is 1060. The van der Waals surface area contributed by atoms with Crippen LogP contribution in [0.25, 0.3) is 11.5 Å². The first-order valence-electron chi connectivity index (χ1n) is 10.7. The van der Waals surface area contributed by atoms with Gasteiger partial charge in [0, 0.05) is 24.5 Å². The van der Waals surface area contributed by atoms with E-state index in [0.29, 0.717) is 13.2 Å². The molecule has 0 amide bonds. The van der Waals surface area contributed by atoms with Crippen molar-refractivity contribution in [2.24, 2.45) is 11.8 Å². The van der Waals surface area contributed by atoms with Crippen LogP contribution in [-0.2, 0) is 20.8 Å². The third-order valence-corrected chi connectivity index (χ3v) is 6.04. The van der Waals surface area contributed by atoms with E-state index in [2.05, 4.69) is 10.2 Å². The number of hydrogen-bond donors (Lipinski definition) is 0. The van der Waals surface area contributed by atoms with E-state index in [1.165, 1.54) is 0 Å². The fourth-order valence-electron chi connectivity index (χ4n) is 4.24. The highest BCUT2D eigenvalue weighted by Crippen LogP contribution is 2.42. The van der Waals surface area contributed by atoms with Gasteiger partial charge >= 0.3 is 0 Å². The molecular formula is C24H25F3N2O4. The van der Waals surface area contributed by atoms with Crippen LogP contribution in [0, 0.1) is 29.3 Å². The van der Waals surface area contributed by atoms with Crippen molar-refractivity contribution in [2.45, 2.75) is 38.8 Å². The van der Waals surface area contributed by atoms with Crippen molar-refractivity contribution in [3.05, 3.63) is 71.4 Å². The lowest BCUT2D eigenvalue weighted by molar-refractivity contribution is -0.240. The molecule has 2 unspecified atom stereocenters. The molecule has 1 saturated heterocycles. The maximum atomic E-state index is 13.6. The molecule has 0 saturated carbocycles. The van der Waals surface area contributed by atoms with E-state index < -0.39 is 23.7 Å². The maximum Gasteiger partial charge on any atom is 0.247 e. The zero-order valence-corrected chi connectivity index (χ0v) is 18.5. The smallest absolute Gasteiger partial charge is 0.247 e. The molecule has 176 valence electrons. The van der Waals surface area contributed by atoms with E-state index in [1.54, 1.807) is 7.11 Å². The van der Waals surface area contributed by atoms with E-state index in [1.807, 2.05) is 44.2 Å². The number of aromatic nitrogens is 2. The molecule has 0 bridgehead atoms. The van der Waals surface area contributed by atoms with Crippen molar-refractivity contribution in [3.63, 3.8) is 0 Å². The molecule has 5 atom stereocenters. The van der Waals surface area contributed by atoms with Gasteiger partial charge in [-0.05, 0) is 23.6 Å². The molecule has 33 heavy (non-hydrogen) atoms. The quantitative estimate of drug-likeness (QED) is 0.456. The van der Waals surface area contributed by atoms with Crippen LogP contribution in [0.15, 0.2) is 46.9 Å². The molecule has 0 spiro atoms. The number of benzene rings is 2. The van der Waals surface area contributed by atoms with E-state index in [-0.39, 0.29) is 41.2 Å². The van der Waals surface area contributed by atoms with Gasteiger partial charge in [-0.15, -0.1) is 10.2 Å². The zero-order chi connectivity index (χ0) is 23.5. The summed E-state index contributed by atoms with van der Waals surface area (Å²) in [5.41, 5.74) is 1.01. The molecule has 0 N–H and O–H groups in total. The summed E-state index contributed by atoms with van der Waals surface area (Å²) in [6, 6.07) is 11.4. The van der Waals surface area contributed by atoms with E-state index in [9.17, 15) is 13.2 Å². The Labute approximate surface area is 189 Å². The zero-order valence-electron chi connectivity index (χ0n) is 18.5. The minimum atomic E-state index is -1.55. The van der Waals surface area contributed by atoms with Gasteiger partial charge in [0.1, 0.15) is 0 Å². The second kappa shape index (κ2) is 10.0. The van der Waals surface area contributed by atoms with Crippen LogP contribution >= 0.6 is 0 Å². The van der Waals surface area contributed by atoms with Crippen LogP contribution in [0.5, 0.6) is 0 Å². The average molecular weight is 462 g/mol.